The lowest BCUT2D eigenvalue weighted by Gasteiger charge is -2.17. The van der Waals surface area contributed by atoms with Crippen molar-refractivity contribution in [3.8, 4) is 0 Å². The molecule has 3 N–H and O–H groups in total. The fraction of sp³-hybridized carbons (Fsp3) is 0.500. The molecular weight excluding hydrogens is 695 g/mol. The highest BCUT2D eigenvalue weighted by Gasteiger charge is 2.39. The van der Waals surface area contributed by atoms with Gasteiger partial charge in [-0.15, -0.1) is 0 Å². The molecule has 276 valence electrons. The van der Waals surface area contributed by atoms with Crippen LogP contribution >= 0.6 is 0 Å². The van der Waals surface area contributed by atoms with Crippen LogP contribution in [0.15, 0.2) is 73.8 Å². The van der Waals surface area contributed by atoms with E-state index in [-0.39, 0.29) is 27.5 Å². The summed E-state index contributed by atoms with van der Waals surface area (Å²) in [7, 11) is -10.9. The summed E-state index contributed by atoms with van der Waals surface area (Å²) in [4.78, 5) is 3.20. The largest absolute Gasteiger partial charge is 0.264 e. The summed E-state index contributed by atoms with van der Waals surface area (Å²) >= 11 is 0. The van der Waals surface area contributed by atoms with Crippen LogP contribution in [-0.4, -0.2) is 25.3 Å². The molecule has 0 fully saturated rings. The third kappa shape index (κ3) is 10.6. The number of nitrogens with one attached hydrogen (secondary N) is 1. The van der Waals surface area contributed by atoms with Crippen molar-refractivity contribution < 1.29 is 25.3 Å². The number of nitrogens with zero attached hydrogens (tertiary/aromatic N) is 3. The smallest absolute Gasteiger partial charge is 0.225 e. The number of hydrogen-bond donors (Lipinski definition) is 2. The monoisotopic (exact) mass is 747 g/mol. The molecule has 1 aliphatic rings. The van der Waals surface area contributed by atoms with Gasteiger partial charge in [0.1, 0.15) is 0 Å². The van der Waals surface area contributed by atoms with Gasteiger partial charge in [0.2, 0.25) is 20.0 Å². The minimum atomic E-state index is -3.93. The Hall–Kier alpha value is -3.26. The molecule has 4 rings (SSSR count). The molecule has 0 saturated heterocycles. The maximum Gasteiger partial charge on any atom is 0.264 e. The number of rotatable bonds is 8. The van der Waals surface area contributed by atoms with Gasteiger partial charge < -0.3 is 0 Å². The molecule has 11 nitrogen and oxygen atoms in total. The maximum atomic E-state index is 11.9. The number of primary sulfonamides is 1. The van der Waals surface area contributed by atoms with Gasteiger partial charge in [-0.1, -0.05) is 106 Å². The molecule has 0 atom stereocenters. The lowest BCUT2D eigenvalue weighted by molar-refractivity contribution is 0.494. The minimum absolute atomic E-state index is 0.0462. The van der Waals surface area contributed by atoms with Crippen LogP contribution in [0.1, 0.15) is 146 Å². The van der Waals surface area contributed by atoms with Gasteiger partial charge in [-0.25, -0.2) is 35.1 Å². The summed E-state index contributed by atoms with van der Waals surface area (Å²) in [6, 6.07) is 16.5. The summed E-state index contributed by atoms with van der Waals surface area (Å²) in [5.41, 5.74) is 13.1. The summed E-state index contributed by atoms with van der Waals surface area (Å²) < 4.78 is 76.3. The highest BCUT2D eigenvalue weighted by Crippen LogP contribution is 2.37. The topological polar surface area (TPSA) is 189 Å². The first-order valence-corrected chi connectivity index (χ1v) is 21.0. The summed E-state index contributed by atoms with van der Waals surface area (Å²) in [6.45, 7) is 23.6. The highest BCUT2D eigenvalue weighted by atomic mass is 32.2. The molecule has 0 aliphatic carbocycles. The Morgan fingerprint density at radius 1 is 0.680 bits per heavy atom. The van der Waals surface area contributed by atoms with Crippen molar-refractivity contribution in [3.63, 3.8) is 0 Å². The molecule has 1 aliphatic heterocycles. The number of azide groups is 1. The Kier molecular flexibility index (Phi) is 14.1. The number of benzene rings is 3. The lowest BCUT2D eigenvalue weighted by atomic mass is 9.93. The standard InChI is InChI=1S/C12H17N3O2S.C12H17NO2S.C12H19NO2S/c1-8(2)10-5-6-11(9(3)4)12(7-10)18(16,17)15-14-13;1-8(2)9-5-6-10-11(7-9)16(14,15)13-12(10,3)4;1-8(2)10-5-6-11(9(3)4)12(7-10)16(13,14)15/h5-9H,1-4H3;5-8,13H,1-4H3;5-9H,1-4H3,(H2,13,14,15). The van der Waals surface area contributed by atoms with Gasteiger partial charge >= 0.3 is 0 Å². The molecule has 0 unspecified atom stereocenters. The SMILES string of the molecule is CC(C)c1ccc(C(C)C)c(S(=O)(=O)N=[N+]=[N-])c1.CC(C)c1ccc(C(C)C)c(S(N)(=O)=O)c1.CC(C)c1ccc2c(c1)S(=O)(=O)NC2(C)C. The second-order valence-electron chi connectivity index (χ2n) is 14.5. The lowest BCUT2D eigenvalue weighted by Crippen LogP contribution is -2.32. The summed E-state index contributed by atoms with van der Waals surface area (Å²) in [6.07, 6.45) is 0. The molecule has 0 amide bonds. The van der Waals surface area contributed by atoms with Crippen LogP contribution in [0.4, 0.5) is 0 Å². The molecule has 14 heteroatoms. The molecule has 0 aromatic heterocycles. The van der Waals surface area contributed by atoms with E-state index in [0.29, 0.717) is 22.3 Å². The van der Waals surface area contributed by atoms with Gasteiger partial charge in [-0.05, 0) is 101 Å². The fourth-order valence-electron chi connectivity index (χ4n) is 5.42. The van der Waals surface area contributed by atoms with E-state index in [1.54, 1.807) is 24.3 Å². The van der Waals surface area contributed by atoms with E-state index >= 15 is 0 Å². The van der Waals surface area contributed by atoms with Crippen LogP contribution in [-0.2, 0) is 35.6 Å². The Bertz CT molecular complexity index is 2050. The van der Waals surface area contributed by atoms with E-state index < -0.39 is 35.6 Å². The van der Waals surface area contributed by atoms with Gasteiger partial charge in [-0.2, -0.15) is 0 Å². The van der Waals surface area contributed by atoms with Gasteiger partial charge in [0, 0.05) is 9.43 Å². The van der Waals surface area contributed by atoms with Gasteiger partial charge in [0.05, 0.1) is 20.2 Å². The number of sulfonamides is 3. The molecule has 3 aromatic carbocycles. The first kappa shape index (κ1) is 42.9. The molecular formula is C36H53N5O6S3. The van der Waals surface area contributed by atoms with Crippen molar-refractivity contribution >= 4 is 30.1 Å². The van der Waals surface area contributed by atoms with Gasteiger partial charge in [0.15, 0.2) is 0 Å². The Labute approximate surface area is 299 Å². The third-order valence-corrected chi connectivity index (χ3v) is 12.3. The average molecular weight is 748 g/mol. The number of fused-ring (bicyclic) bond motifs is 1. The van der Waals surface area contributed by atoms with E-state index in [9.17, 15) is 25.3 Å². The van der Waals surface area contributed by atoms with Crippen molar-refractivity contribution in [3.05, 3.63) is 98.4 Å². The molecule has 1 heterocycles. The summed E-state index contributed by atoms with van der Waals surface area (Å²) in [5, 5.41) is 5.24. The van der Waals surface area contributed by atoms with E-state index in [4.69, 9.17) is 10.7 Å². The van der Waals surface area contributed by atoms with Crippen LogP contribution in [0.2, 0.25) is 0 Å². The van der Waals surface area contributed by atoms with E-state index in [2.05, 4.69) is 28.0 Å². The Morgan fingerprint density at radius 3 is 1.48 bits per heavy atom. The van der Waals surface area contributed by atoms with Crippen molar-refractivity contribution in [1.82, 2.24) is 4.72 Å². The molecule has 50 heavy (non-hydrogen) atoms. The highest BCUT2D eigenvalue weighted by molar-refractivity contribution is 7.90. The van der Waals surface area contributed by atoms with E-state index in [1.807, 2.05) is 99.6 Å². The van der Waals surface area contributed by atoms with E-state index in [1.165, 1.54) is 0 Å². The Morgan fingerprint density at radius 2 is 1.08 bits per heavy atom. The van der Waals surface area contributed by atoms with Crippen molar-refractivity contribution in [2.45, 2.75) is 133 Å². The molecule has 0 radical (unpaired) electrons. The second-order valence-corrected chi connectivity index (χ2v) is 19.3. The number of nitrogens with two attached hydrogens (primary N) is 1. The predicted molar refractivity (Wildman–Crippen MR) is 201 cm³/mol. The molecule has 0 bridgehead atoms. The quantitative estimate of drug-likeness (QED) is 0.131. The van der Waals surface area contributed by atoms with Crippen LogP contribution in [0.5, 0.6) is 0 Å². The van der Waals surface area contributed by atoms with Gasteiger partial charge in [-0.3, -0.25) is 0 Å². The Balaban J connectivity index is 0.000000261. The molecule has 0 spiro atoms. The zero-order valence-electron chi connectivity index (χ0n) is 31.2. The zero-order chi connectivity index (χ0) is 38.6. The van der Waals surface area contributed by atoms with Crippen molar-refractivity contribution in [2.24, 2.45) is 9.66 Å². The normalized spacial score (nSPS) is 14.9. The average Bonchev–Trinajstić information content (AvgIpc) is 3.18. The predicted octanol–water partition coefficient (Wildman–Crippen LogP) is 8.85. The van der Waals surface area contributed by atoms with Crippen LogP contribution in [0.25, 0.3) is 10.4 Å². The van der Waals surface area contributed by atoms with Crippen LogP contribution in [0, 0.1) is 0 Å². The van der Waals surface area contributed by atoms with E-state index in [0.717, 1.165) is 27.8 Å². The maximum absolute atomic E-state index is 11.9. The van der Waals surface area contributed by atoms with Crippen LogP contribution in [0.3, 0.4) is 0 Å². The summed E-state index contributed by atoms with van der Waals surface area (Å²) in [5.74, 6) is 1.04. The number of hydrogen-bond acceptors (Lipinski definition) is 6. The van der Waals surface area contributed by atoms with Gasteiger partial charge in [0.25, 0.3) is 10.0 Å². The second kappa shape index (κ2) is 16.4. The first-order valence-electron chi connectivity index (χ1n) is 16.6. The third-order valence-electron chi connectivity index (χ3n) is 8.41. The fourth-order valence-corrected chi connectivity index (χ4v) is 9.22. The van der Waals surface area contributed by atoms with Crippen molar-refractivity contribution in [2.75, 3.05) is 0 Å². The molecule has 3 aromatic rings. The first-order chi connectivity index (χ1) is 22.8. The van der Waals surface area contributed by atoms with Crippen LogP contribution < -0.4 is 9.86 Å². The molecule has 0 saturated carbocycles. The minimum Gasteiger partial charge on any atom is -0.225 e. The van der Waals surface area contributed by atoms with Crippen molar-refractivity contribution in [1.29, 1.82) is 0 Å². The zero-order valence-corrected chi connectivity index (χ0v) is 33.6.